The van der Waals surface area contributed by atoms with Crippen molar-refractivity contribution in [2.45, 2.75) is 38.7 Å². The van der Waals surface area contributed by atoms with Gasteiger partial charge in [-0.3, -0.25) is 4.79 Å². The fourth-order valence-corrected chi connectivity index (χ4v) is 3.47. The number of aryl methyl sites for hydroxylation is 2. The van der Waals surface area contributed by atoms with Gasteiger partial charge in [0.05, 0.1) is 12.5 Å². The monoisotopic (exact) mass is 306 g/mol. The van der Waals surface area contributed by atoms with Crippen molar-refractivity contribution in [2.24, 2.45) is 0 Å². The third-order valence-corrected chi connectivity index (χ3v) is 4.73. The highest BCUT2D eigenvalue weighted by Crippen LogP contribution is 2.31. The van der Waals surface area contributed by atoms with E-state index in [2.05, 4.69) is 0 Å². The van der Waals surface area contributed by atoms with E-state index in [0.29, 0.717) is 11.4 Å². The molecule has 0 N–H and O–H groups in total. The van der Waals surface area contributed by atoms with E-state index < -0.39 is 12.1 Å². The summed E-state index contributed by atoms with van der Waals surface area (Å²) < 4.78 is 5.23. The topological polar surface area (TPSA) is 70.4 Å². The first-order valence-corrected chi connectivity index (χ1v) is 7.79. The number of amides is 1. The van der Waals surface area contributed by atoms with Gasteiger partial charge in [-0.15, -0.1) is 11.3 Å². The summed E-state index contributed by atoms with van der Waals surface area (Å²) in [6.07, 6.45) is 2.62. The van der Waals surface area contributed by atoms with E-state index in [0.717, 1.165) is 19.3 Å². The summed E-state index contributed by atoms with van der Waals surface area (Å²) in [7, 11) is 1.60. The van der Waals surface area contributed by atoms with E-state index in [4.69, 9.17) is 10.00 Å². The lowest BCUT2D eigenvalue weighted by molar-refractivity contribution is -0.138. The van der Waals surface area contributed by atoms with Gasteiger partial charge in [-0.2, -0.15) is 5.26 Å². The minimum absolute atomic E-state index is 0.264. The Morgan fingerprint density at radius 1 is 1.52 bits per heavy atom. The molecule has 1 aliphatic rings. The minimum Gasteiger partial charge on any atom is -0.448 e. The van der Waals surface area contributed by atoms with Gasteiger partial charge in [-0.1, -0.05) is 0 Å². The molecule has 21 heavy (non-hydrogen) atoms. The maximum absolute atomic E-state index is 12.1. The quantitative estimate of drug-likeness (QED) is 0.782. The highest BCUT2D eigenvalue weighted by molar-refractivity contribution is 7.14. The minimum atomic E-state index is -0.835. The second-order valence-electron chi connectivity index (χ2n) is 5.13. The van der Waals surface area contributed by atoms with Crippen LogP contribution in [0.2, 0.25) is 0 Å². The lowest BCUT2D eigenvalue weighted by Gasteiger charge is -2.20. The molecule has 1 aliphatic carbocycles. The molecule has 1 heterocycles. The van der Waals surface area contributed by atoms with Crippen LogP contribution in [0.5, 0.6) is 0 Å². The zero-order chi connectivity index (χ0) is 15.4. The average molecular weight is 306 g/mol. The van der Waals surface area contributed by atoms with Gasteiger partial charge in [0.2, 0.25) is 0 Å². The highest BCUT2D eigenvalue weighted by atomic mass is 32.1. The lowest BCUT2D eigenvalue weighted by atomic mass is 10.2. The largest absolute Gasteiger partial charge is 0.448 e. The second kappa shape index (κ2) is 6.72. The molecule has 0 saturated carbocycles. The summed E-state index contributed by atoms with van der Waals surface area (Å²) in [5.74, 6) is -0.730. The van der Waals surface area contributed by atoms with Crippen LogP contribution >= 0.6 is 11.3 Å². The molecule has 112 valence electrons. The van der Waals surface area contributed by atoms with Crippen LogP contribution in [0.3, 0.4) is 0 Å². The lowest BCUT2D eigenvalue weighted by Crippen LogP contribution is -2.37. The van der Waals surface area contributed by atoms with Crippen molar-refractivity contribution in [2.75, 3.05) is 13.6 Å². The van der Waals surface area contributed by atoms with Crippen LogP contribution in [-0.2, 0) is 22.4 Å². The Labute approximate surface area is 128 Å². The van der Waals surface area contributed by atoms with E-state index in [1.807, 2.05) is 12.1 Å². The van der Waals surface area contributed by atoms with Crippen LogP contribution in [0, 0.1) is 11.3 Å². The van der Waals surface area contributed by atoms with Gasteiger partial charge in [0.15, 0.2) is 6.10 Å². The molecule has 2 rings (SSSR count). The van der Waals surface area contributed by atoms with Crippen LogP contribution in [-0.4, -0.2) is 36.5 Å². The molecule has 1 atom stereocenters. The van der Waals surface area contributed by atoms with Gasteiger partial charge < -0.3 is 9.64 Å². The smallest absolute Gasteiger partial charge is 0.349 e. The molecule has 1 amide bonds. The molecule has 0 saturated heterocycles. The number of nitrogens with zero attached hydrogens (tertiary/aromatic N) is 2. The number of esters is 1. The normalized spacial score (nSPS) is 14.1. The van der Waals surface area contributed by atoms with Crippen LogP contribution < -0.4 is 0 Å². The molecule has 0 spiro atoms. The number of thiophene rings is 1. The molecule has 0 fully saturated rings. The molecule has 0 radical (unpaired) electrons. The molecular formula is C15H18N2O3S. The average Bonchev–Trinajstić information content (AvgIpc) is 3.04. The Kier molecular flexibility index (Phi) is 4.97. The van der Waals surface area contributed by atoms with Gasteiger partial charge in [-0.25, -0.2) is 4.79 Å². The maximum atomic E-state index is 12.1. The number of ether oxygens (including phenoxy) is 1. The van der Waals surface area contributed by atoms with Gasteiger partial charge in [0.1, 0.15) is 4.88 Å². The number of likely N-dealkylation sites (N-methyl/N-ethyl adjacent to an activating group) is 1. The first-order valence-electron chi connectivity index (χ1n) is 6.97. The van der Waals surface area contributed by atoms with Crippen molar-refractivity contribution < 1.29 is 14.3 Å². The van der Waals surface area contributed by atoms with E-state index in [1.165, 1.54) is 26.7 Å². The zero-order valence-electron chi connectivity index (χ0n) is 12.2. The number of hydrogen-bond donors (Lipinski definition) is 0. The summed E-state index contributed by atoms with van der Waals surface area (Å²) in [4.78, 5) is 27.3. The predicted molar refractivity (Wildman–Crippen MR) is 79.1 cm³/mol. The zero-order valence-corrected chi connectivity index (χ0v) is 13.0. The molecule has 1 aromatic heterocycles. The number of rotatable bonds is 5. The highest BCUT2D eigenvalue weighted by Gasteiger charge is 2.24. The third-order valence-electron chi connectivity index (χ3n) is 3.51. The Hall–Kier alpha value is -1.87. The van der Waals surface area contributed by atoms with Crippen LogP contribution in [0.25, 0.3) is 0 Å². The van der Waals surface area contributed by atoms with E-state index in [1.54, 1.807) is 14.0 Å². The van der Waals surface area contributed by atoms with Gasteiger partial charge in [-0.05, 0) is 37.8 Å². The van der Waals surface area contributed by atoms with Gasteiger partial charge in [0.25, 0.3) is 5.91 Å². The summed E-state index contributed by atoms with van der Waals surface area (Å²) in [5.41, 5.74) is 1.23. The molecular weight excluding hydrogens is 288 g/mol. The predicted octanol–water partition coefficient (Wildman–Crippen LogP) is 2.15. The molecule has 0 bridgehead atoms. The van der Waals surface area contributed by atoms with Gasteiger partial charge in [0, 0.05) is 18.5 Å². The first-order chi connectivity index (χ1) is 10.0. The first kappa shape index (κ1) is 15.5. The Balaban J connectivity index is 1.92. The molecule has 1 aromatic rings. The summed E-state index contributed by atoms with van der Waals surface area (Å²) in [6.45, 7) is 1.90. The van der Waals surface area contributed by atoms with Crippen molar-refractivity contribution >= 4 is 23.2 Å². The van der Waals surface area contributed by atoms with Crippen molar-refractivity contribution in [1.29, 1.82) is 5.26 Å². The SMILES string of the molecule is C[C@H](OC(=O)c1cc2c(s1)CCC2)C(=O)N(C)CCC#N. The number of fused-ring (bicyclic) bond motifs is 1. The molecule has 0 unspecified atom stereocenters. The van der Waals surface area contributed by atoms with Crippen molar-refractivity contribution in [1.82, 2.24) is 4.90 Å². The Morgan fingerprint density at radius 3 is 2.95 bits per heavy atom. The van der Waals surface area contributed by atoms with Crippen molar-refractivity contribution in [3.63, 3.8) is 0 Å². The summed E-state index contributed by atoms with van der Waals surface area (Å²) in [5, 5.41) is 8.51. The summed E-state index contributed by atoms with van der Waals surface area (Å²) in [6, 6.07) is 3.86. The molecule has 6 heteroatoms. The van der Waals surface area contributed by atoms with E-state index in [9.17, 15) is 9.59 Å². The van der Waals surface area contributed by atoms with E-state index in [-0.39, 0.29) is 12.3 Å². The van der Waals surface area contributed by atoms with Gasteiger partial charge >= 0.3 is 5.97 Å². The molecule has 5 nitrogen and oxygen atoms in total. The Bertz CT molecular complexity index is 567. The van der Waals surface area contributed by atoms with E-state index >= 15 is 0 Å². The number of nitriles is 1. The summed E-state index contributed by atoms with van der Waals surface area (Å²) >= 11 is 1.46. The maximum Gasteiger partial charge on any atom is 0.349 e. The fraction of sp³-hybridized carbons (Fsp3) is 0.533. The van der Waals surface area contributed by atoms with Crippen LogP contribution in [0.15, 0.2) is 6.07 Å². The van der Waals surface area contributed by atoms with Crippen LogP contribution in [0.1, 0.15) is 39.9 Å². The van der Waals surface area contributed by atoms with Crippen molar-refractivity contribution in [3.8, 4) is 6.07 Å². The number of carbonyl (C=O) groups excluding carboxylic acids is 2. The Morgan fingerprint density at radius 2 is 2.29 bits per heavy atom. The third kappa shape index (κ3) is 3.61. The van der Waals surface area contributed by atoms with Crippen LogP contribution in [0.4, 0.5) is 0 Å². The molecule has 0 aliphatic heterocycles. The molecule has 0 aromatic carbocycles. The standard InChI is InChI=1S/C15H18N2O3S/c1-10(14(18)17(2)8-4-7-16)20-15(19)13-9-11-5-3-6-12(11)21-13/h9-10H,3-6,8H2,1-2H3/t10-/m0/s1. The van der Waals surface area contributed by atoms with Crippen molar-refractivity contribution in [3.05, 3.63) is 21.4 Å². The second-order valence-corrected chi connectivity index (χ2v) is 6.26. The number of hydrogen-bond acceptors (Lipinski definition) is 5. The fourth-order valence-electron chi connectivity index (χ4n) is 2.34. The number of carbonyl (C=O) groups is 2.